The van der Waals surface area contributed by atoms with Gasteiger partial charge < -0.3 is 10.5 Å². The maximum Gasteiger partial charge on any atom is 0.325 e. The molecule has 0 amide bonds. The van der Waals surface area contributed by atoms with Crippen LogP contribution in [0, 0.1) is 0 Å². The van der Waals surface area contributed by atoms with E-state index in [1.165, 1.54) is 26.4 Å². The van der Waals surface area contributed by atoms with E-state index in [1.807, 2.05) is 0 Å². The lowest BCUT2D eigenvalue weighted by molar-refractivity contribution is -0.146. The molecule has 0 spiro atoms. The van der Waals surface area contributed by atoms with Gasteiger partial charge in [0.15, 0.2) is 0 Å². The van der Waals surface area contributed by atoms with Crippen LogP contribution in [0.2, 0.25) is 0 Å². The van der Waals surface area contributed by atoms with Crippen molar-refractivity contribution in [3.63, 3.8) is 0 Å². The Morgan fingerprint density at radius 3 is 2.42 bits per heavy atom. The highest BCUT2D eigenvalue weighted by Crippen LogP contribution is 2.23. The number of nitrogens with two attached hydrogens (primary N) is 1. The maximum absolute atomic E-state index is 11.5. The van der Waals surface area contributed by atoms with Gasteiger partial charge in [-0.15, -0.1) is 0 Å². The van der Waals surface area contributed by atoms with E-state index in [4.69, 9.17) is 10.5 Å². The van der Waals surface area contributed by atoms with Crippen molar-refractivity contribution in [1.29, 1.82) is 0 Å². The molecular weight excluding hydrogens is 240 g/mol. The summed E-state index contributed by atoms with van der Waals surface area (Å²) in [5, 5.41) is 0. The summed E-state index contributed by atoms with van der Waals surface area (Å²) in [5.41, 5.74) is 5.12. The minimum absolute atomic E-state index is 0.313. The van der Waals surface area contributed by atoms with E-state index >= 15 is 0 Å². The molecule has 1 unspecified atom stereocenters. The minimum atomic E-state index is -0.839. The molecule has 4 nitrogen and oxygen atoms in total. The van der Waals surface area contributed by atoms with Gasteiger partial charge in [-0.25, -0.2) is 0 Å². The average Bonchev–Trinajstić information content (AvgIpc) is 2.36. The van der Waals surface area contributed by atoms with Crippen LogP contribution in [-0.2, 0) is 9.53 Å². The number of likely N-dealkylation sites (tertiary alicyclic amines) is 1. The molecule has 2 N–H and O–H groups in total. The zero-order valence-electron chi connectivity index (χ0n) is 12.9. The first-order valence-corrected chi connectivity index (χ1v) is 7.51. The van der Waals surface area contributed by atoms with Gasteiger partial charge in [-0.1, -0.05) is 6.42 Å². The van der Waals surface area contributed by atoms with Crippen LogP contribution in [-0.4, -0.2) is 42.1 Å². The summed E-state index contributed by atoms with van der Waals surface area (Å²) in [5.74, 6) is -0.313. The Morgan fingerprint density at radius 1 is 1.32 bits per heavy atom. The lowest BCUT2D eigenvalue weighted by atomic mass is 9.94. The molecule has 1 saturated heterocycles. The van der Waals surface area contributed by atoms with Crippen molar-refractivity contribution < 1.29 is 9.53 Å². The number of hydrogen-bond acceptors (Lipinski definition) is 4. The monoisotopic (exact) mass is 270 g/mol. The first-order chi connectivity index (χ1) is 8.88. The van der Waals surface area contributed by atoms with Gasteiger partial charge in [-0.3, -0.25) is 9.69 Å². The van der Waals surface area contributed by atoms with Gasteiger partial charge in [0.1, 0.15) is 5.54 Å². The Kier molecular flexibility index (Phi) is 6.27. The van der Waals surface area contributed by atoms with Crippen molar-refractivity contribution in [1.82, 2.24) is 4.90 Å². The van der Waals surface area contributed by atoms with Gasteiger partial charge in [0, 0.05) is 12.1 Å². The van der Waals surface area contributed by atoms with Crippen LogP contribution in [0.15, 0.2) is 0 Å². The third-order valence-corrected chi connectivity index (χ3v) is 4.39. The summed E-state index contributed by atoms with van der Waals surface area (Å²) >= 11 is 0. The zero-order valence-corrected chi connectivity index (χ0v) is 12.9. The van der Waals surface area contributed by atoms with Crippen molar-refractivity contribution in [2.24, 2.45) is 5.73 Å². The Hall–Kier alpha value is -0.610. The van der Waals surface area contributed by atoms with E-state index in [2.05, 4.69) is 18.7 Å². The minimum Gasteiger partial charge on any atom is -0.468 e. The predicted molar refractivity (Wildman–Crippen MR) is 77.9 cm³/mol. The highest BCUT2D eigenvalue weighted by Gasteiger charge is 2.29. The van der Waals surface area contributed by atoms with Crippen molar-refractivity contribution >= 4 is 5.97 Å². The molecule has 0 aliphatic carbocycles. The summed E-state index contributed by atoms with van der Waals surface area (Å²) in [6.45, 7) is 7.50. The lowest BCUT2D eigenvalue weighted by Crippen LogP contribution is -2.46. The molecule has 19 heavy (non-hydrogen) atoms. The fourth-order valence-corrected chi connectivity index (χ4v) is 3.04. The Labute approximate surface area is 117 Å². The average molecular weight is 270 g/mol. The molecule has 1 aliphatic heterocycles. The highest BCUT2D eigenvalue weighted by atomic mass is 16.5. The van der Waals surface area contributed by atoms with Gasteiger partial charge in [0.2, 0.25) is 0 Å². The van der Waals surface area contributed by atoms with E-state index in [1.54, 1.807) is 6.92 Å². The van der Waals surface area contributed by atoms with Gasteiger partial charge in [0.25, 0.3) is 0 Å². The van der Waals surface area contributed by atoms with E-state index in [9.17, 15) is 4.79 Å². The highest BCUT2D eigenvalue weighted by molar-refractivity contribution is 5.79. The smallest absolute Gasteiger partial charge is 0.325 e. The Morgan fingerprint density at radius 2 is 1.89 bits per heavy atom. The number of esters is 1. The summed E-state index contributed by atoms with van der Waals surface area (Å²) in [6, 6.07) is 1.38. The Bertz CT molecular complexity index is 282. The molecular formula is C15H30N2O2. The van der Waals surface area contributed by atoms with Crippen LogP contribution in [0.25, 0.3) is 0 Å². The molecule has 1 rings (SSSR count). The maximum atomic E-state index is 11.5. The molecule has 0 radical (unpaired) electrons. The molecule has 1 fully saturated rings. The molecule has 112 valence electrons. The van der Waals surface area contributed by atoms with Crippen LogP contribution in [0.5, 0.6) is 0 Å². The third kappa shape index (κ3) is 4.77. The number of rotatable bonds is 6. The second-order valence-electron chi connectivity index (χ2n) is 6.23. The molecule has 0 saturated carbocycles. The summed E-state index contributed by atoms with van der Waals surface area (Å²) in [7, 11) is 1.39. The number of piperidine rings is 1. The van der Waals surface area contributed by atoms with Gasteiger partial charge >= 0.3 is 5.97 Å². The van der Waals surface area contributed by atoms with Crippen molar-refractivity contribution in [3.05, 3.63) is 0 Å². The topological polar surface area (TPSA) is 55.6 Å². The molecule has 1 aliphatic rings. The number of unbranched alkanes of at least 4 members (excludes halogenated alkanes) is 1. The largest absolute Gasteiger partial charge is 0.468 e. The van der Waals surface area contributed by atoms with Gasteiger partial charge in [-0.05, 0) is 59.4 Å². The van der Waals surface area contributed by atoms with Crippen molar-refractivity contribution in [2.45, 2.75) is 76.9 Å². The predicted octanol–water partition coefficient (Wildman–Crippen LogP) is 2.31. The van der Waals surface area contributed by atoms with E-state index in [0.717, 1.165) is 19.4 Å². The number of carbonyl (C=O) groups excluding carboxylic acids is 1. The summed E-state index contributed by atoms with van der Waals surface area (Å²) < 4.78 is 4.72. The molecule has 1 heterocycles. The molecule has 0 bridgehead atoms. The van der Waals surface area contributed by atoms with Crippen molar-refractivity contribution in [3.8, 4) is 0 Å². The quantitative estimate of drug-likeness (QED) is 0.594. The number of nitrogens with zero attached hydrogens (tertiary/aromatic N) is 1. The van der Waals surface area contributed by atoms with E-state index in [0.29, 0.717) is 18.5 Å². The summed E-state index contributed by atoms with van der Waals surface area (Å²) in [4.78, 5) is 14.1. The fraction of sp³-hybridized carbons (Fsp3) is 0.933. The van der Waals surface area contributed by atoms with E-state index in [-0.39, 0.29) is 5.97 Å². The first kappa shape index (κ1) is 16.4. The van der Waals surface area contributed by atoms with Crippen LogP contribution in [0.3, 0.4) is 0 Å². The standard InChI is InChI=1S/C15H30N2O2/c1-12-8-7-9-13(2)17(12)11-6-5-10-15(3,16)14(18)19-4/h12-13H,5-11,16H2,1-4H3/t12-,13+,15?. The van der Waals surface area contributed by atoms with E-state index < -0.39 is 5.54 Å². The van der Waals surface area contributed by atoms with Crippen LogP contribution in [0.4, 0.5) is 0 Å². The number of hydrogen-bond donors (Lipinski definition) is 1. The second kappa shape index (κ2) is 7.25. The molecule has 0 aromatic carbocycles. The zero-order chi connectivity index (χ0) is 14.5. The second-order valence-corrected chi connectivity index (χ2v) is 6.23. The van der Waals surface area contributed by atoms with Crippen molar-refractivity contribution in [2.75, 3.05) is 13.7 Å². The SMILES string of the molecule is COC(=O)C(C)(N)CCCCN1[C@H](C)CCC[C@@H]1C. The molecule has 4 heteroatoms. The van der Waals surface area contributed by atoms with Crippen LogP contribution >= 0.6 is 0 Å². The van der Waals surface area contributed by atoms with Crippen LogP contribution in [0.1, 0.15) is 59.3 Å². The number of ether oxygens (including phenoxy) is 1. The number of carbonyl (C=O) groups is 1. The molecule has 0 aromatic rings. The third-order valence-electron chi connectivity index (χ3n) is 4.39. The molecule has 3 atom stereocenters. The number of methoxy groups -OCH3 is 1. The van der Waals surface area contributed by atoms with Gasteiger partial charge in [0.05, 0.1) is 7.11 Å². The van der Waals surface area contributed by atoms with Gasteiger partial charge in [-0.2, -0.15) is 0 Å². The Balaban J connectivity index is 2.28. The fourth-order valence-electron chi connectivity index (χ4n) is 3.04. The first-order valence-electron chi connectivity index (χ1n) is 7.51. The summed E-state index contributed by atoms with van der Waals surface area (Å²) in [6.07, 6.45) is 6.72. The lowest BCUT2D eigenvalue weighted by Gasteiger charge is -2.39. The van der Waals surface area contributed by atoms with Crippen LogP contribution < -0.4 is 5.73 Å². The normalized spacial score (nSPS) is 27.8. The molecule has 0 aromatic heterocycles.